The zero-order valence-corrected chi connectivity index (χ0v) is 11.9. The molecular weight excluding hydrogens is 222 g/mol. The molecule has 1 unspecified atom stereocenters. The van der Waals surface area contributed by atoms with Gasteiger partial charge in [0.2, 0.25) is 0 Å². The van der Waals surface area contributed by atoms with E-state index in [1.807, 2.05) is 4.68 Å². The highest BCUT2D eigenvalue weighted by atomic mass is 15.3. The van der Waals surface area contributed by atoms with E-state index in [0.29, 0.717) is 6.04 Å². The van der Waals surface area contributed by atoms with Crippen LogP contribution in [0, 0.1) is 0 Å². The predicted octanol–water partition coefficient (Wildman–Crippen LogP) is 3.13. The van der Waals surface area contributed by atoms with Crippen molar-refractivity contribution in [3.05, 3.63) is 29.1 Å². The Morgan fingerprint density at radius 1 is 1.39 bits per heavy atom. The van der Waals surface area contributed by atoms with Crippen molar-refractivity contribution in [2.45, 2.75) is 51.5 Å². The van der Waals surface area contributed by atoms with Gasteiger partial charge in [-0.15, -0.1) is 0 Å². The van der Waals surface area contributed by atoms with Crippen LogP contribution in [0.3, 0.4) is 0 Å². The van der Waals surface area contributed by atoms with Crippen LogP contribution < -0.4 is 5.32 Å². The van der Waals surface area contributed by atoms with Crippen molar-refractivity contribution in [1.82, 2.24) is 15.1 Å². The molecule has 2 rings (SSSR count). The molecule has 1 aliphatic carbocycles. The summed E-state index contributed by atoms with van der Waals surface area (Å²) in [5.74, 6) is 0. The van der Waals surface area contributed by atoms with Gasteiger partial charge >= 0.3 is 0 Å². The Bertz CT molecular complexity index is 417. The largest absolute Gasteiger partial charge is 0.308 e. The molecule has 0 amide bonds. The first kappa shape index (κ1) is 13.3. The third kappa shape index (κ3) is 2.83. The molecule has 0 radical (unpaired) electrons. The van der Waals surface area contributed by atoms with E-state index in [1.165, 1.54) is 43.5 Å². The molecular formula is C15H25N3. The Morgan fingerprint density at radius 2 is 2.22 bits per heavy atom. The van der Waals surface area contributed by atoms with Gasteiger partial charge in [0.05, 0.1) is 17.4 Å². The number of aryl methyl sites for hydroxylation is 2. The topological polar surface area (TPSA) is 29.9 Å². The van der Waals surface area contributed by atoms with Crippen LogP contribution >= 0.6 is 0 Å². The van der Waals surface area contributed by atoms with E-state index in [2.05, 4.69) is 43.6 Å². The summed E-state index contributed by atoms with van der Waals surface area (Å²) in [6.45, 7) is 2.16. The van der Waals surface area contributed by atoms with Crippen molar-refractivity contribution < 1.29 is 0 Å². The second kappa shape index (κ2) is 6.19. The van der Waals surface area contributed by atoms with Crippen LogP contribution in [-0.4, -0.2) is 16.8 Å². The molecule has 0 aliphatic heterocycles. The second-order valence-electron chi connectivity index (χ2n) is 5.14. The van der Waals surface area contributed by atoms with Crippen molar-refractivity contribution in [2.75, 3.05) is 7.05 Å². The summed E-state index contributed by atoms with van der Waals surface area (Å²) in [7, 11) is 4.10. The molecule has 0 bridgehead atoms. The Labute approximate surface area is 110 Å². The van der Waals surface area contributed by atoms with E-state index in [1.54, 1.807) is 5.57 Å². The lowest BCUT2D eigenvalue weighted by molar-refractivity contribution is 0.573. The molecule has 18 heavy (non-hydrogen) atoms. The molecule has 0 saturated heterocycles. The summed E-state index contributed by atoms with van der Waals surface area (Å²) in [6, 6.07) is 2.58. The number of aromatic nitrogens is 2. The van der Waals surface area contributed by atoms with Crippen LogP contribution in [0.1, 0.15) is 56.5 Å². The summed E-state index contributed by atoms with van der Waals surface area (Å²) < 4.78 is 2.03. The zero-order chi connectivity index (χ0) is 13.0. The lowest BCUT2D eigenvalue weighted by Gasteiger charge is -2.19. The third-order valence-electron chi connectivity index (χ3n) is 3.86. The quantitative estimate of drug-likeness (QED) is 0.828. The molecule has 3 heteroatoms. The maximum atomic E-state index is 4.57. The van der Waals surface area contributed by atoms with Gasteiger partial charge in [-0.1, -0.05) is 25.0 Å². The fourth-order valence-corrected chi connectivity index (χ4v) is 2.81. The van der Waals surface area contributed by atoms with Gasteiger partial charge in [-0.05, 0) is 45.2 Å². The van der Waals surface area contributed by atoms with Crippen LogP contribution in [0.5, 0.6) is 0 Å². The summed E-state index contributed by atoms with van der Waals surface area (Å²) in [6.07, 6.45) is 9.91. The maximum absolute atomic E-state index is 4.57. The highest BCUT2D eigenvalue weighted by Crippen LogP contribution is 2.29. The van der Waals surface area contributed by atoms with E-state index < -0.39 is 0 Å². The molecule has 1 atom stereocenters. The van der Waals surface area contributed by atoms with E-state index in [9.17, 15) is 0 Å². The number of likely N-dealkylation sites (N-methyl/N-ethyl adjacent to an activating group) is 1. The van der Waals surface area contributed by atoms with Crippen LogP contribution in [0.4, 0.5) is 0 Å². The molecule has 1 aromatic rings. The Morgan fingerprint density at radius 3 is 2.89 bits per heavy atom. The maximum Gasteiger partial charge on any atom is 0.0705 e. The lowest BCUT2D eigenvalue weighted by Crippen LogP contribution is -2.21. The van der Waals surface area contributed by atoms with Crippen molar-refractivity contribution >= 4 is 0 Å². The molecule has 1 N–H and O–H groups in total. The van der Waals surface area contributed by atoms with Gasteiger partial charge in [-0.2, -0.15) is 5.10 Å². The molecule has 0 fully saturated rings. The van der Waals surface area contributed by atoms with Crippen molar-refractivity contribution in [2.24, 2.45) is 7.05 Å². The number of hydrogen-bond acceptors (Lipinski definition) is 2. The lowest BCUT2D eigenvalue weighted by atomic mass is 9.99. The minimum Gasteiger partial charge on any atom is -0.308 e. The fraction of sp³-hybridized carbons (Fsp3) is 0.667. The predicted molar refractivity (Wildman–Crippen MR) is 75.6 cm³/mol. The number of hydrogen-bond donors (Lipinski definition) is 1. The second-order valence-corrected chi connectivity index (χ2v) is 5.14. The monoisotopic (exact) mass is 247 g/mol. The number of nitrogens with zero attached hydrogens (tertiary/aromatic N) is 2. The summed E-state index contributed by atoms with van der Waals surface area (Å²) in [5.41, 5.74) is 4.02. The summed E-state index contributed by atoms with van der Waals surface area (Å²) in [4.78, 5) is 0. The smallest absolute Gasteiger partial charge is 0.0705 e. The first-order chi connectivity index (χ1) is 8.76. The molecule has 0 saturated carbocycles. The number of nitrogens with one attached hydrogen (secondary N) is 1. The van der Waals surface area contributed by atoms with Gasteiger partial charge in [-0.25, -0.2) is 0 Å². The van der Waals surface area contributed by atoms with Crippen LogP contribution in [0.25, 0.3) is 0 Å². The van der Waals surface area contributed by atoms with E-state index in [-0.39, 0.29) is 0 Å². The molecule has 0 aromatic carbocycles. The first-order valence-electron chi connectivity index (χ1n) is 7.15. The van der Waals surface area contributed by atoms with Gasteiger partial charge in [0.15, 0.2) is 0 Å². The van der Waals surface area contributed by atoms with Gasteiger partial charge in [0, 0.05) is 7.05 Å². The summed E-state index contributed by atoms with van der Waals surface area (Å²) >= 11 is 0. The van der Waals surface area contributed by atoms with Gasteiger partial charge in [-0.3, -0.25) is 4.68 Å². The average Bonchev–Trinajstić information content (AvgIpc) is 2.59. The number of rotatable bonds is 4. The first-order valence-corrected chi connectivity index (χ1v) is 7.15. The third-order valence-corrected chi connectivity index (χ3v) is 3.86. The molecule has 100 valence electrons. The van der Waals surface area contributed by atoms with Crippen LogP contribution in [0.2, 0.25) is 0 Å². The van der Waals surface area contributed by atoms with E-state index in [0.717, 1.165) is 6.42 Å². The summed E-state index contributed by atoms with van der Waals surface area (Å²) in [5, 5.41) is 8.03. The van der Waals surface area contributed by atoms with Crippen LogP contribution in [-0.2, 0) is 13.5 Å². The van der Waals surface area contributed by atoms with Gasteiger partial charge in [0.25, 0.3) is 0 Å². The highest BCUT2D eigenvalue weighted by molar-refractivity contribution is 5.25. The van der Waals surface area contributed by atoms with Gasteiger partial charge in [0.1, 0.15) is 0 Å². The minimum atomic E-state index is 0.334. The molecule has 1 heterocycles. The Balaban J connectivity index is 2.26. The SMILES string of the molecule is CCc1cc(C(NC)C2=CCCCCC2)n(C)n1. The van der Waals surface area contributed by atoms with Crippen molar-refractivity contribution in [1.29, 1.82) is 0 Å². The highest BCUT2D eigenvalue weighted by Gasteiger charge is 2.19. The van der Waals surface area contributed by atoms with Crippen LogP contribution in [0.15, 0.2) is 17.7 Å². The molecule has 1 aromatic heterocycles. The van der Waals surface area contributed by atoms with Crippen molar-refractivity contribution in [3.63, 3.8) is 0 Å². The molecule has 0 spiro atoms. The molecule has 3 nitrogen and oxygen atoms in total. The average molecular weight is 247 g/mol. The standard InChI is InChI=1S/C15H25N3/c1-4-13-11-14(18(3)17-13)15(16-2)12-9-7-5-6-8-10-12/h9,11,15-16H,4-8,10H2,1-3H3. The fourth-order valence-electron chi connectivity index (χ4n) is 2.81. The Hall–Kier alpha value is -1.09. The Kier molecular flexibility index (Phi) is 4.59. The molecule has 1 aliphatic rings. The minimum absolute atomic E-state index is 0.334. The zero-order valence-electron chi connectivity index (χ0n) is 11.9. The van der Waals surface area contributed by atoms with Crippen molar-refractivity contribution in [3.8, 4) is 0 Å². The van der Waals surface area contributed by atoms with E-state index in [4.69, 9.17) is 0 Å². The van der Waals surface area contributed by atoms with E-state index >= 15 is 0 Å². The number of allylic oxidation sites excluding steroid dienone is 1. The van der Waals surface area contributed by atoms with Gasteiger partial charge < -0.3 is 5.32 Å². The normalized spacial score (nSPS) is 18.3.